The van der Waals surface area contributed by atoms with Gasteiger partial charge in [0.05, 0.1) is 6.54 Å². The van der Waals surface area contributed by atoms with Crippen molar-refractivity contribution in [3.8, 4) is 0 Å². The fraction of sp³-hybridized carbons (Fsp3) is 0.188. The van der Waals surface area contributed by atoms with E-state index in [0.717, 1.165) is 11.1 Å². The normalized spacial score (nSPS) is 11.8. The summed E-state index contributed by atoms with van der Waals surface area (Å²) in [6, 6.07) is 18.7. The van der Waals surface area contributed by atoms with Gasteiger partial charge in [0.25, 0.3) is 0 Å². The smallest absolute Gasteiger partial charge is 0.445 e. The molecule has 22 heavy (non-hydrogen) atoms. The lowest BCUT2D eigenvalue weighted by Gasteiger charge is -2.12. The lowest BCUT2D eigenvalue weighted by molar-refractivity contribution is 0.132. The highest BCUT2D eigenvalue weighted by molar-refractivity contribution is 7.17. The van der Waals surface area contributed by atoms with Gasteiger partial charge in [-0.05, 0) is 15.7 Å². The van der Waals surface area contributed by atoms with E-state index in [0.29, 0.717) is 0 Å². The maximum absolute atomic E-state index is 11.7. The second-order valence-corrected chi connectivity index (χ2v) is 4.95. The molecule has 5 nitrogen and oxygen atoms in total. The second kappa shape index (κ2) is 8.93. The summed E-state index contributed by atoms with van der Waals surface area (Å²) in [4.78, 5) is 11.7. The predicted octanol–water partition coefficient (Wildman–Crippen LogP) is 3.61. The molecule has 2 aromatic carbocycles. The van der Waals surface area contributed by atoms with Crippen molar-refractivity contribution in [2.75, 3.05) is 6.54 Å². The highest BCUT2D eigenvalue weighted by atomic mass is 31.1. The van der Waals surface area contributed by atoms with Crippen molar-refractivity contribution >= 4 is 14.8 Å². The Morgan fingerprint density at radius 2 is 1.68 bits per heavy atom. The molecule has 0 aliphatic carbocycles. The Kier molecular flexibility index (Phi) is 6.55. The summed E-state index contributed by atoms with van der Waals surface area (Å²) in [6.45, 7) is 0.389. The van der Waals surface area contributed by atoms with Gasteiger partial charge >= 0.3 is 14.8 Å². The monoisotopic (exact) mass is 318 g/mol. The Hall–Kier alpha value is -2.23. The molecule has 2 unspecified atom stereocenters. The van der Waals surface area contributed by atoms with Crippen LogP contribution in [-0.4, -0.2) is 12.6 Å². The molecule has 2 aromatic rings. The molecular formula is C16H17NO4P+. The second-order valence-electron chi connectivity index (χ2n) is 4.54. The number of benzene rings is 2. The standard InChI is InChI=1S/C16H16NO4P/c18-16(20-12-13-7-3-1-4-8-13)17-11-15(21-22-19)14-9-5-2-6-10-14/h1-10,15,22H,11-12H2/p+1. The first-order valence-corrected chi connectivity index (χ1v) is 7.63. The van der Waals surface area contributed by atoms with Gasteiger partial charge in [-0.15, -0.1) is 4.52 Å². The molecule has 0 bridgehead atoms. The molecule has 0 fully saturated rings. The van der Waals surface area contributed by atoms with Gasteiger partial charge in [-0.2, -0.15) is 0 Å². The lowest BCUT2D eigenvalue weighted by atomic mass is 10.1. The first kappa shape index (κ1) is 16.1. The van der Waals surface area contributed by atoms with E-state index in [1.807, 2.05) is 60.7 Å². The van der Waals surface area contributed by atoms with Crippen LogP contribution in [0.25, 0.3) is 0 Å². The number of nitrogens with one attached hydrogen (secondary N) is 1. The van der Waals surface area contributed by atoms with Crippen LogP contribution in [-0.2, 0) is 20.4 Å². The lowest BCUT2D eigenvalue weighted by Crippen LogP contribution is -2.29. The molecule has 1 amide bonds. The zero-order chi connectivity index (χ0) is 15.6. The summed E-state index contributed by atoms with van der Waals surface area (Å²) in [5, 5.41) is 2.62. The number of ether oxygens (including phenoxy) is 1. The Bertz CT molecular complexity index is 592. The molecule has 0 saturated heterocycles. The van der Waals surface area contributed by atoms with Crippen LogP contribution in [0.4, 0.5) is 4.79 Å². The van der Waals surface area contributed by atoms with Gasteiger partial charge in [0.15, 0.2) is 6.10 Å². The third kappa shape index (κ3) is 5.28. The third-order valence-electron chi connectivity index (χ3n) is 3.01. The zero-order valence-electron chi connectivity index (χ0n) is 11.9. The number of hydrogen-bond donors (Lipinski definition) is 1. The highest BCUT2D eigenvalue weighted by Gasteiger charge is 2.17. The molecule has 0 aliphatic rings. The van der Waals surface area contributed by atoms with Gasteiger partial charge in [0.2, 0.25) is 0 Å². The zero-order valence-corrected chi connectivity index (χ0v) is 12.9. The highest BCUT2D eigenvalue weighted by Crippen LogP contribution is 2.20. The number of amides is 1. The minimum Gasteiger partial charge on any atom is -0.445 e. The summed E-state index contributed by atoms with van der Waals surface area (Å²) in [5.74, 6) is 0. The summed E-state index contributed by atoms with van der Waals surface area (Å²) in [5.41, 5.74) is 1.75. The van der Waals surface area contributed by atoms with Crippen molar-refractivity contribution < 1.29 is 18.6 Å². The average Bonchev–Trinajstić information content (AvgIpc) is 2.58. The van der Waals surface area contributed by atoms with Gasteiger partial charge in [-0.3, -0.25) is 0 Å². The largest absolute Gasteiger partial charge is 0.494 e. The quantitative estimate of drug-likeness (QED) is 0.792. The number of rotatable bonds is 7. The summed E-state index contributed by atoms with van der Waals surface area (Å²) < 4.78 is 21.0. The van der Waals surface area contributed by atoms with Gasteiger partial charge in [-0.1, -0.05) is 60.7 Å². The van der Waals surface area contributed by atoms with Crippen molar-refractivity contribution in [3.05, 3.63) is 71.8 Å². The molecule has 0 spiro atoms. The SMILES string of the molecule is O=[PH+]OC(CNC(=O)OCc1ccccc1)c1ccccc1. The molecule has 2 rings (SSSR count). The molecule has 0 aliphatic heterocycles. The Labute approximate surface area is 130 Å². The maximum Gasteiger partial charge on any atom is 0.494 e. The van der Waals surface area contributed by atoms with Crippen molar-refractivity contribution in [1.82, 2.24) is 5.32 Å². The van der Waals surface area contributed by atoms with E-state index in [1.54, 1.807) is 0 Å². The number of hydrogen-bond acceptors (Lipinski definition) is 4. The van der Waals surface area contributed by atoms with E-state index in [2.05, 4.69) is 5.32 Å². The predicted molar refractivity (Wildman–Crippen MR) is 83.9 cm³/mol. The molecule has 1 N–H and O–H groups in total. The van der Waals surface area contributed by atoms with Crippen molar-refractivity contribution in [2.45, 2.75) is 12.7 Å². The Morgan fingerprint density at radius 1 is 1.05 bits per heavy atom. The summed E-state index contributed by atoms with van der Waals surface area (Å²) >= 11 is 0. The van der Waals surface area contributed by atoms with E-state index >= 15 is 0 Å². The first-order valence-electron chi connectivity index (χ1n) is 6.82. The fourth-order valence-electron chi connectivity index (χ4n) is 1.90. The molecule has 0 saturated carbocycles. The Balaban J connectivity index is 1.81. The molecule has 114 valence electrons. The summed E-state index contributed by atoms with van der Waals surface area (Å²) in [6.07, 6.45) is -1.01. The van der Waals surface area contributed by atoms with Crippen molar-refractivity contribution in [3.63, 3.8) is 0 Å². The minimum absolute atomic E-state index is 0.187. The van der Waals surface area contributed by atoms with Gasteiger partial charge < -0.3 is 10.1 Å². The fourth-order valence-corrected chi connectivity index (χ4v) is 2.24. The summed E-state index contributed by atoms with van der Waals surface area (Å²) in [7, 11) is -0.897. The number of alkyl carbamates (subject to hydrolysis) is 1. The van der Waals surface area contributed by atoms with Gasteiger partial charge in [-0.25, -0.2) is 4.79 Å². The topological polar surface area (TPSA) is 64.6 Å². The minimum atomic E-state index is -0.897. The number of carbonyl (C=O) groups is 1. The van der Waals surface area contributed by atoms with Crippen LogP contribution in [0, 0.1) is 0 Å². The van der Waals surface area contributed by atoms with Crippen LogP contribution in [0.2, 0.25) is 0 Å². The molecule has 6 heteroatoms. The number of carbonyl (C=O) groups excluding carboxylic acids is 1. The van der Waals surface area contributed by atoms with Crippen LogP contribution in [0.5, 0.6) is 0 Å². The average molecular weight is 318 g/mol. The molecule has 0 radical (unpaired) electrons. The van der Waals surface area contributed by atoms with Crippen molar-refractivity contribution in [2.24, 2.45) is 0 Å². The molecule has 0 heterocycles. The van der Waals surface area contributed by atoms with Crippen LogP contribution in [0.3, 0.4) is 0 Å². The van der Waals surface area contributed by atoms with E-state index in [-0.39, 0.29) is 13.2 Å². The third-order valence-corrected chi connectivity index (χ3v) is 3.39. The molecular weight excluding hydrogens is 301 g/mol. The molecule has 2 atom stereocenters. The van der Waals surface area contributed by atoms with Crippen LogP contribution in [0.15, 0.2) is 60.7 Å². The van der Waals surface area contributed by atoms with Crippen LogP contribution in [0.1, 0.15) is 17.2 Å². The van der Waals surface area contributed by atoms with E-state index in [1.165, 1.54) is 0 Å². The van der Waals surface area contributed by atoms with Gasteiger partial charge in [0.1, 0.15) is 6.61 Å². The maximum atomic E-state index is 11.7. The van der Waals surface area contributed by atoms with Crippen molar-refractivity contribution in [1.29, 1.82) is 0 Å². The van der Waals surface area contributed by atoms with Crippen LogP contribution >= 0.6 is 8.69 Å². The van der Waals surface area contributed by atoms with E-state index in [4.69, 9.17) is 9.26 Å². The Morgan fingerprint density at radius 3 is 2.32 bits per heavy atom. The van der Waals surface area contributed by atoms with E-state index in [9.17, 15) is 9.36 Å². The molecule has 0 aromatic heterocycles. The first-order chi connectivity index (χ1) is 10.8. The van der Waals surface area contributed by atoms with E-state index < -0.39 is 20.9 Å². The van der Waals surface area contributed by atoms with Gasteiger partial charge in [0, 0.05) is 0 Å². The van der Waals surface area contributed by atoms with Crippen LogP contribution < -0.4 is 5.32 Å².